The van der Waals surface area contributed by atoms with Crippen LogP contribution >= 0.6 is 35.6 Å². The van der Waals surface area contributed by atoms with Gasteiger partial charge in [-0.15, -0.1) is 24.0 Å². The molecule has 0 bridgehead atoms. The Labute approximate surface area is 177 Å². The average Bonchev–Trinajstić information content (AvgIpc) is 3.03. The molecule has 0 radical (unpaired) electrons. The summed E-state index contributed by atoms with van der Waals surface area (Å²) in [5, 5.41) is 11.3. The highest BCUT2D eigenvalue weighted by Gasteiger charge is 2.13. The van der Waals surface area contributed by atoms with Gasteiger partial charge in [-0.05, 0) is 31.4 Å². The third-order valence-corrected chi connectivity index (χ3v) is 4.06. The van der Waals surface area contributed by atoms with Gasteiger partial charge in [0.2, 0.25) is 0 Å². The summed E-state index contributed by atoms with van der Waals surface area (Å²) >= 11 is 5.81. The van der Waals surface area contributed by atoms with Crippen molar-refractivity contribution < 1.29 is 4.52 Å². The molecule has 0 fully saturated rings. The molecule has 0 amide bonds. The maximum atomic E-state index is 5.81. The van der Waals surface area contributed by atoms with Crippen LogP contribution in [0.3, 0.4) is 0 Å². The number of halogens is 2. The molecule has 0 unspecified atom stereocenters. The van der Waals surface area contributed by atoms with Crippen molar-refractivity contribution in [3.63, 3.8) is 0 Å². The summed E-state index contributed by atoms with van der Waals surface area (Å²) in [4.78, 5) is 8.77. The van der Waals surface area contributed by atoms with Crippen molar-refractivity contribution in [1.82, 2.24) is 20.8 Å². The van der Waals surface area contributed by atoms with Crippen LogP contribution in [-0.2, 0) is 25.8 Å². The molecule has 0 aromatic carbocycles. The standard InChI is InChI=1S/C18H26ClN5O.HI/c1-4-15-14(16(5-2)25-24-15)12-23-18(20-6-3)21-10-9-13-7-8-17(19)22-11-13;/h7-8,11H,4-6,9-10,12H2,1-3H3,(H2,20,21,23);1H. The highest BCUT2D eigenvalue weighted by molar-refractivity contribution is 14.0. The van der Waals surface area contributed by atoms with Gasteiger partial charge in [0.15, 0.2) is 5.96 Å². The van der Waals surface area contributed by atoms with Crippen LogP contribution in [0.4, 0.5) is 0 Å². The minimum Gasteiger partial charge on any atom is -0.361 e. The van der Waals surface area contributed by atoms with Gasteiger partial charge in [-0.3, -0.25) is 0 Å². The summed E-state index contributed by atoms with van der Waals surface area (Å²) in [6, 6.07) is 3.79. The number of rotatable bonds is 8. The van der Waals surface area contributed by atoms with Crippen LogP contribution in [0.2, 0.25) is 5.15 Å². The van der Waals surface area contributed by atoms with E-state index in [2.05, 4.69) is 46.5 Å². The van der Waals surface area contributed by atoms with E-state index in [1.165, 1.54) is 0 Å². The third kappa shape index (κ3) is 6.75. The number of guanidine groups is 1. The molecule has 26 heavy (non-hydrogen) atoms. The zero-order chi connectivity index (χ0) is 18.1. The van der Waals surface area contributed by atoms with Crippen molar-refractivity contribution in [1.29, 1.82) is 0 Å². The first-order valence-corrected chi connectivity index (χ1v) is 9.14. The number of pyridine rings is 1. The normalized spacial score (nSPS) is 11.2. The Hall–Kier alpha value is -1.35. The van der Waals surface area contributed by atoms with E-state index in [-0.39, 0.29) is 24.0 Å². The van der Waals surface area contributed by atoms with Crippen LogP contribution in [0.5, 0.6) is 0 Å². The molecule has 6 nitrogen and oxygen atoms in total. The minimum absolute atomic E-state index is 0. The number of hydrogen-bond acceptors (Lipinski definition) is 4. The van der Waals surface area contributed by atoms with Crippen LogP contribution < -0.4 is 10.6 Å². The van der Waals surface area contributed by atoms with E-state index >= 15 is 0 Å². The summed E-state index contributed by atoms with van der Waals surface area (Å²) in [6.45, 7) is 8.33. The van der Waals surface area contributed by atoms with Gasteiger partial charge in [-0.2, -0.15) is 0 Å². The average molecular weight is 492 g/mol. The Balaban J connectivity index is 0.00000338. The fourth-order valence-corrected chi connectivity index (χ4v) is 2.61. The van der Waals surface area contributed by atoms with E-state index in [1.807, 2.05) is 6.07 Å². The van der Waals surface area contributed by atoms with Crippen LogP contribution in [0.15, 0.2) is 27.8 Å². The maximum absolute atomic E-state index is 5.81. The molecule has 2 rings (SSSR count). The zero-order valence-electron chi connectivity index (χ0n) is 15.5. The molecule has 2 N–H and O–H groups in total. The van der Waals surface area contributed by atoms with Gasteiger partial charge in [0.25, 0.3) is 0 Å². The Morgan fingerprint density at radius 2 is 2.00 bits per heavy atom. The first-order valence-electron chi connectivity index (χ1n) is 8.76. The lowest BCUT2D eigenvalue weighted by Crippen LogP contribution is -2.38. The SMILES string of the molecule is CCNC(=NCc1c(CC)noc1CC)NCCc1ccc(Cl)nc1.I. The van der Waals surface area contributed by atoms with Gasteiger partial charge >= 0.3 is 0 Å². The Morgan fingerprint density at radius 1 is 1.19 bits per heavy atom. The van der Waals surface area contributed by atoms with Crippen molar-refractivity contribution >= 4 is 41.5 Å². The number of aliphatic imine (C=N–C) groups is 1. The predicted octanol–water partition coefficient (Wildman–Crippen LogP) is 3.76. The lowest BCUT2D eigenvalue weighted by atomic mass is 10.1. The van der Waals surface area contributed by atoms with Crippen LogP contribution in [0.1, 0.15) is 43.4 Å². The van der Waals surface area contributed by atoms with Crippen molar-refractivity contribution in [3.8, 4) is 0 Å². The molecule has 0 spiro atoms. The Kier molecular flexibility index (Phi) is 10.6. The zero-order valence-corrected chi connectivity index (χ0v) is 18.6. The summed E-state index contributed by atoms with van der Waals surface area (Å²) in [5.41, 5.74) is 3.22. The highest BCUT2D eigenvalue weighted by Crippen LogP contribution is 2.16. The predicted molar refractivity (Wildman–Crippen MR) is 116 cm³/mol. The van der Waals surface area contributed by atoms with E-state index in [4.69, 9.17) is 16.1 Å². The molecule has 0 saturated carbocycles. The molecule has 0 aliphatic carbocycles. The van der Waals surface area contributed by atoms with E-state index in [0.29, 0.717) is 11.7 Å². The van der Waals surface area contributed by atoms with Gasteiger partial charge in [-0.1, -0.05) is 36.7 Å². The maximum Gasteiger partial charge on any atom is 0.191 e. The second kappa shape index (κ2) is 12.1. The fourth-order valence-electron chi connectivity index (χ4n) is 2.50. The molecule has 0 aliphatic heterocycles. The fraction of sp³-hybridized carbons (Fsp3) is 0.500. The third-order valence-electron chi connectivity index (χ3n) is 3.84. The number of nitrogens with one attached hydrogen (secondary N) is 2. The van der Waals surface area contributed by atoms with E-state index < -0.39 is 0 Å². The quantitative estimate of drug-likeness (QED) is 0.254. The first kappa shape index (κ1) is 22.7. The largest absolute Gasteiger partial charge is 0.361 e. The van der Waals surface area contributed by atoms with Crippen LogP contribution in [0.25, 0.3) is 0 Å². The highest BCUT2D eigenvalue weighted by atomic mass is 127. The monoisotopic (exact) mass is 491 g/mol. The van der Waals surface area contributed by atoms with Crippen LogP contribution in [-0.4, -0.2) is 29.2 Å². The van der Waals surface area contributed by atoms with Gasteiger partial charge < -0.3 is 15.2 Å². The smallest absolute Gasteiger partial charge is 0.191 e. The van der Waals surface area contributed by atoms with Crippen molar-refractivity contribution in [2.45, 2.75) is 46.6 Å². The summed E-state index contributed by atoms with van der Waals surface area (Å²) < 4.78 is 5.40. The number of aryl methyl sites for hydroxylation is 2. The summed E-state index contributed by atoms with van der Waals surface area (Å²) in [7, 11) is 0. The van der Waals surface area contributed by atoms with Gasteiger partial charge in [-0.25, -0.2) is 9.98 Å². The van der Waals surface area contributed by atoms with Gasteiger partial charge in [0.05, 0.1) is 12.2 Å². The van der Waals surface area contributed by atoms with Gasteiger partial charge in [0.1, 0.15) is 10.9 Å². The van der Waals surface area contributed by atoms with Gasteiger partial charge in [0, 0.05) is 31.3 Å². The summed E-state index contributed by atoms with van der Waals surface area (Å²) in [6.07, 6.45) is 4.32. The molecule has 2 heterocycles. The second-order valence-electron chi connectivity index (χ2n) is 5.60. The first-order chi connectivity index (χ1) is 12.2. The Morgan fingerprint density at radius 3 is 2.62 bits per heavy atom. The topological polar surface area (TPSA) is 75.3 Å². The molecule has 0 saturated heterocycles. The number of hydrogen-bond donors (Lipinski definition) is 2. The molecule has 2 aromatic heterocycles. The minimum atomic E-state index is 0. The molecular weight excluding hydrogens is 465 g/mol. The molecule has 0 aliphatic rings. The van der Waals surface area contributed by atoms with Crippen LogP contribution in [0, 0.1) is 0 Å². The molecule has 144 valence electrons. The summed E-state index contributed by atoms with van der Waals surface area (Å²) in [5.74, 6) is 1.71. The van der Waals surface area contributed by atoms with E-state index in [9.17, 15) is 0 Å². The number of aromatic nitrogens is 2. The molecule has 0 atom stereocenters. The molecule has 2 aromatic rings. The van der Waals surface area contributed by atoms with Crippen molar-refractivity contribution in [2.24, 2.45) is 4.99 Å². The lowest BCUT2D eigenvalue weighted by molar-refractivity contribution is 0.380. The lowest BCUT2D eigenvalue weighted by Gasteiger charge is -2.11. The molecule has 8 heteroatoms. The van der Waals surface area contributed by atoms with E-state index in [1.54, 1.807) is 12.3 Å². The Bertz CT molecular complexity index is 666. The van der Waals surface area contributed by atoms with Crippen molar-refractivity contribution in [3.05, 3.63) is 46.1 Å². The molecular formula is C18H27ClIN5O. The van der Waals surface area contributed by atoms with Crippen molar-refractivity contribution in [2.75, 3.05) is 13.1 Å². The second-order valence-corrected chi connectivity index (χ2v) is 5.99. The van der Waals surface area contributed by atoms with E-state index in [0.717, 1.165) is 60.9 Å². The number of nitrogens with zero attached hydrogens (tertiary/aromatic N) is 3.